The van der Waals surface area contributed by atoms with E-state index in [1.807, 2.05) is 20.8 Å². The van der Waals surface area contributed by atoms with E-state index in [1.54, 1.807) is 0 Å². The quantitative estimate of drug-likeness (QED) is 0.634. The molecule has 0 aliphatic carbocycles. The fraction of sp³-hybridized carbons (Fsp3) is 1.00. The largest absolute Gasteiger partial charge is 0.388 e. The van der Waals surface area contributed by atoms with Gasteiger partial charge in [0.1, 0.15) is 0 Å². The van der Waals surface area contributed by atoms with Crippen molar-refractivity contribution < 1.29 is 5.11 Å². The van der Waals surface area contributed by atoms with Gasteiger partial charge in [0.25, 0.3) is 0 Å². The van der Waals surface area contributed by atoms with E-state index in [2.05, 4.69) is 0 Å². The second-order valence-corrected chi connectivity index (χ2v) is 3.21. The summed E-state index contributed by atoms with van der Waals surface area (Å²) in [6, 6.07) is 0. The molecule has 1 unspecified atom stereocenters. The molecule has 0 heterocycles. The monoisotopic (exact) mass is 164 g/mol. The third-order valence-electron chi connectivity index (χ3n) is 2.17. The second kappa shape index (κ2) is 4.20. The lowest BCUT2D eigenvalue weighted by Gasteiger charge is -2.29. The zero-order valence-corrected chi connectivity index (χ0v) is 7.78. The van der Waals surface area contributed by atoms with Gasteiger partial charge in [0.2, 0.25) is 0 Å². The van der Waals surface area contributed by atoms with Crippen LogP contribution in [-0.2, 0) is 0 Å². The zero-order valence-electron chi connectivity index (χ0n) is 7.02. The second-order valence-electron chi connectivity index (χ2n) is 2.69. The molecule has 0 bridgehead atoms. The molecule has 0 saturated heterocycles. The minimum atomic E-state index is -0.643. The Labute approximate surface area is 68.4 Å². The minimum Gasteiger partial charge on any atom is -0.388 e. The van der Waals surface area contributed by atoms with Crippen LogP contribution in [0.25, 0.3) is 0 Å². The molecule has 0 amide bonds. The highest BCUT2D eigenvalue weighted by Crippen LogP contribution is 2.25. The molecular formula is C8H17ClO. The van der Waals surface area contributed by atoms with Gasteiger partial charge in [-0.3, -0.25) is 0 Å². The third-order valence-corrected chi connectivity index (χ3v) is 2.88. The Balaban J connectivity index is 4.02. The Morgan fingerprint density at radius 1 is 1.30 bits per heavy atom. The first-order valence-corrected chi connectivity index (χ1v) is 4.40. The van der Waals surface area contributed by atoms with Crippen molar-refractivity contribution in [3.05, 3.63) is 0 Å². The molecule has 0 aromatic rings. The van der Waals surface area contributed by atoms with Crippen LogP contribution in [0.3, 0.4) is 0 Å². The Morgan fingerprint density at radius 2 is 1.70 bits per heavy atom. The van der Waals surface area contributed by atoms with E-state index >= 15 is 0 Å². The van der Waals surface area contributed by atoms with Crippen molar-refractivity contribution >= 4 is 11.6 Å². The van der Waals surface area contributed by atoms with Crippen molar-refractivity contribution in [1.82, 2.24) is 0 Å². The summed E-state index contributed by atoms with van der Waals surface area (Å²) in [6.45, 7) is 5.93. The fourth-order valence-corrected chi connectivity index (χ4v) is 1.38. The van der Waals surface area contributed by atoms with Gasteiger partial charge in [-0.15, -0.1) is 11.6 Å². The summed E-state index contributed by atoms with van der Waals surface area (Å²) >= 11 is 5.92. The van der Waals surface area contributed by atoms with Crippen LogP contribution in [0.5, 0.6) is 0 Å². The van der Waals surface area contributed by atoms with Crippen LogP contribution in [0, 0.1) is 0 Å². The highest BCUT2D eigenvalue weighted by atomic mass is 35.5. The molecule has 0 aliphatic rings. The summed E-state index contributed by atoms with van der Waals surface area (Å²) in [5.74, 6) is 0. The van der Waals surface area contributed by atoms with E-state index in [0.29, 0.717) is 0 Å². The summed E-state index contributed by atoms with van der Waals surface area (Å²) in [5, 5.41) is 9.67. The van der Waals surface area contributed by atoms with Crippen LogP contribution in [-0.4, -0.2) is 16.1 Å². The number of hydrogen-bond donors (Lipinski definition) is 1. The number of rotatable bonds is 4. The van der Waals surface area contributed by atoms with Crippen molar-refractivity contribution in [2.75, 3.05) is 0 Å². The highest BCUT2D eigenvalue weighted by Gasteiger charge is 2.29. The molecule has 0 saturated carbocycles. The Bertz CT molecular complexity index is 89.3. The van der Waals surface area contributed by atoms with Gasteiger partial charge < -0.3 is 5.11 Å². The molecule has 1 N–H and O–H groups in total. The summed E-state index contributed by atoms with van der Waals surface area (Å²) in [4.78, 5) is 0. The molecule has 0 rings (SSSR count). The van der Waals surface area contributed by atoms with Gasteiger partial charge in [-0.05, 0) is 19.3 Å². The van der Waals surface area contributed by atoms with Crippen molar-refractivity contribution in [2.24, 2.45) is 0 Å². The lowest BCUT2D eigenvalue weighted by atomic mass is 9.92. The highest BCUT2D eigenvalue weighted by molar-refractivity contribution is 6.21. The normalized spacial score (nSPS) is 15.3. The summed E-state index contributed by atoms with van der Waals surface area (Å²) in [5.41, 5.74) is -0.643. The summed E-state index contributed by atoms with van der Waals surface area (Å²) in [6.07, 6.45) is 2.32. The molecule has 62 valence electrons. The average molecular weight is 165 g/mol. The first kappa shape index (κ1) is 10.2. The number of hydrogen-bond acceptors (Lipinski definition) is 1. The van der Waals surface area contributed by atoms with Gasteiger partial charge in [0.15, 0.2) is 0 Å². The van der Waals surface area contributed by atoms with Crippen LogP contribution in [0.15, 0.2) is 0 Å². The molecule has 10 heavy (non-hydrogen) atoms. The van der Waals surface area contributed by atoms with Gasteiger partial charge in [-0.1, -0.05) is 20.8 Å². The molecular weight excluding hydrogens is 148 g/mol. The molecule has 0 aromatic carbocycles. The van der Waals surface area contributed by atoms with Gasteiger partial charge in [0, 0.05) is 0 Å². The SMILES string of the molecule is CCC(Cl)C(O)(CC)CC. The third kappa shape index (κ3) is 2.14. The van der Waals surface area contributed by atoms with Gasteiger partial charge >= 0.3 is 0 Å². The minimum absolute atomic E-state index is 0.0949. The fourth-order valence-electron chi connectivity index (χ4n) is 1.07. The van der Waals surface area contributed by atoms with Crippen molar-refractivity contribution in [3.8, 4) is 0 Å². The van der Waals surface area contributed by atoms with Crippen molar-refractivity contribution in [3.63, 3.8) is 0 Å². The molecule has 0 radical (unpaired) electrons. The average Bonchev–Trinajstić information content (AvgIpc) is 2.01. The Hall–Kier alpha value is 0.250. The van der Waals surface area contributed by atoms with Crippen LogP contribution in [0.1, 0.15) is 40.0 Å². The predicted molar refractivity (Wildman–Crippen MR) is 45.5 cm³/mol. The van der Waals surface area contributed by atoms with Crippen LogP contribution < -0.4 is 0 Å². The molecule has 0 spiro atoms. The van der Waals surface area contributed by atoms with E-state index in [-0.39, 0.29) is 5.38 Å². The summed E-state index contributed by atoms with van der Waals surface area (Å²) < 4.78 is 0. The molecule has 0 aromatic heterocycles. The number of halogens is 1. The van der Waals surface area contributed by atoms with E-state index in [9.17, 15) is 5.11 Å². The zero-order chi connectivity index (χ0) is 8.20. The molecule has 1 atom stereocenters. The first-order chi connectivity index (χ1) is 4.60. The number of aliphatic hydroxyl groups is 1. The first-order valence-electron chi connectivity index (χ1n) is 3.97. The molecule has 0 fully saturated rings. The molecule has 0 aliphatic heterocycles. The van der Waals surface area contributed by atoms with Gasteiger partial charge in [-0.2, -0.15) is 0 Å². The van der Waals surface area contributed by atoms with Gasteiger partial charge in [0.05, 0.1) is 11.0 Å². The maximum Gasteiger partial charge on any atom is 0.0805 e. The topological polar surface area (TPSA) is 20.2 Å². The maximum atomic E-state index is 9.77. The Morgan fingerprint density at radius 3 is 1.80 bits per heavy atom. The van der Waals surface area contributed by atoms with Gasteiger partial charge in [-0.25, -0.2) is 0 Å². The maximum absolute atomic E-state index is 9.77. The molecule has 1 nitrogen and oxygen atoms in total. The van der Waals surface area contributed by atoms with E-state index in [0.717, 1.165) is 19.3 Å². The van der Waals surface area contributed by atoms with Crippen molar-refractivity contribution in [1.29, 1.82) is 0 Å². The standard InChI is InChI=1S/C8H17ClO/c1-4-7(9)8(10,5-2)6-3/h7,10H,4-6H2,1-3H3. The smallest absolute Gasteiger partial charge is 0.0805 e. The van der Waals surface area contributed by atoms with Crippen LogP contribution in [0.4, 0.5) is 0 Å². The molecule has 2 heteroatoms. The Kier molecular flexibility index (Phi) is 4.30. The predicted octanol–water partition coefficient (Wildman–Crippen LogP) is 2.55. The van der Waals surface area contributed by atoms with Crippen LogP contribution >= 0.6 is 11.6 Å². The van der Waals surface area contributed by atoms with E-state index < -0.39 is 5.60 Å². The van der Waals surface area contributed by atoms with E-state index in [4.69, 9.17) is 11.6 Å². The lowest BCUT2D eigenvalue weighted by Crippen LogP contribution is -2.37. The lowest BCUT2D eigenvalue weighted by molar-refractivity contribution is 0.0270. The van der Waals surface area contributed by atoms with Crippen LogP contribution in [0.2, 0.25) is 0 Å². The van der Waals surface area contributed by atoms with Crippen molar-refractivity contribution in [2.45, 2.75) is 51.0 Å². The summed E-state index contributed by atoms with van der Waals surface area (Å²) in [7, 11) is 0. The number of alkyl halides is 1. The van der Waals surface area contributed by atoms with E-state index in [1.165, 1.54) is 0 Å².